The van der Waals surface area contributed by atoms with Gasteiger partial charge in [-0.15, -0.1) is 11.5 Å². The largest absolute Gasteiger partial charge is 0.873 e. The van der Waals surface area contributed by atoms with Crippen LogP contribution in [0.4, 0.5) is 22.7 Å². The van der Waals surface area contributed by atoms with Crippen LogP contribution in [0, 0.1) is 0 Å². The molecule has 8 rings (SSSR count). The van der Waals surface area contributed by atoms with Gasteiger partial charge in [-0.05, 0) is 155 Å². The number of fused-ring (bicyclic) bond motifs is 1. The Labute approximate surface area is 536 Å². The summed E-state index contributed by atoms with van der Waals surface area (Å²) in [5, 5.41) is 23.5. The van der Waals surface area contributed by atoms with Crippen LogP contribution in [-0.4, -0.2) is 32.8 Å². The molecule has 0 aliphatic heterocycles. The van der Waals surface area contributed by atoms with Crippen molar-refractivity contribution in [3.8, 4) is 11.5 Å². The van der Waals surface area contributed by atoms with Crippen LogP contribution < -0.4 is 10.2 Å². The Kier molecular flexibility index (Phi) is 27.3. The van der Waals surface area contributed by atoms with Crippen LogP contribution in [0.5, 0.6) is 11.5 Å². The normalized spacial score (nSPS) is 12.3. The van der Waals surface area contributed by atoms with Crippen molar-refractivity contribution in [1.29, 1.82) is 0 Å². The average molecular weight is 1240 g/mol. The first kappa shape index (κ1) is 71.7. The van der Waals surface area contributed by atoms with Crippen molar-refractivity contribution < 1.29 is 43.8 Å². The predicted octanol–water partition coefficient (Wildman–Crippen LogP) is 20.7. The summed E-state index contributed by atoms with van der Waals surface area (Å²) in [5.74, 6) is 2.35. The molecule has 0 aliphatic rings. The fourth-order valence-electron chi connectivity index (χ4n) is 10.3. The van der Waals surface area contributed by atoms with Crippen LogP contribution in [0.25, 0.3) is 10.8 Å². The molecule has 458 valence electrons. The Morgan fingerprint density at radius 2 is 0.453 bits per heavy atom. The molecule has 0 saturated carbocycles. The number of aromatic nitrogens is 2. The van der Waals surface area contributed by atoms with E-state index in [1.54, 1.807) is 0 Å². The smallest absolute Gasteiger partial charge is 0.0849 e. The van der Waals surface area contributed by atoms with Crippen LogP contribution >= 0.6 is 0 Å². The molecular weight excluding hydrogens is 1150 g/mol. The molecule has 0 atom stereocenters. The summed E-state index contributed by atoms with van der Waals surface area (Å²) < 4.78 is 0. The summed E-state index contributed by atoms with van der Waals surface area (Å²) in [6, 6.07) is 48.5. The SMILES string of the molecule is CC(=Nc1c(C(C)C)cccc1C(C)C)c1cccc(C(C)=Nc2c(C(C)C)cccc2C(C)C)n1.CC(=Nc1c(C(C)C)cccc1C(C)C)c1cccc(C(C)=Nc2c(C(C)C)cccc2C(C)C)n1.[Co].[Co].[O-]c1cc2ccccc2cc1[O-]. The second-order valence-electron chi connectivity index (χ2n) is 24.6. The molecule has 0 aliphatic carbocycles. The zero-order valence-corrected chi connectivity index (χ0v) is 56.7. The summed E-state index contributed by atoms with van der Waals surface area (Å²) in [6.07, 6.45) is 0. The summed E-state index contributed by atoms with van der Waals surface area (Å²) in [6.45, 7) is 43.9. The maximum Gasteiger partial charge on any atom is 0.0849 e. The van der Waals surface area contributed by atoms with Crippen molar-refractivity contribution in [1.82, 2.24) is 9.97 Å². The maximum atomic E-state index is 10.9. The van der Waals surface area contributed by atoms with E-state index < -0.39 is 11.5 Å². The van der Waals surface area contributed by atoms with Crippen molar-refractivity contribution in [3.05, 3.63) is 213 Å². The first-order valence-electron chi connectivity index (χ1n) is 30.3. The van der Waals surface area contributed by atoms with E-state index in [1.165, 1.54) is 56.6 Å². The van der Waals surface area contributed by atoms with E-state index in [4.69, 9.17) is 29.9 Å². The molecule has 2 heterocycles. The fraction of sp³-hybridized carbons (Fsp3) is 0.368. The van der Waals surface area contributed by atoms with Gasteiger partial charge in [-0.3, -0.25) is 20.0 Å². The number of hydrogen-bond donors (Lipinski definition) is 0. The third-order valence-electron chi connectivity index (χ3n) is 15.3. The minimum Gasteiger partial charge on any atom is -0.873 e. The molecule has 8 aromatic rings. The molecule has 10 heteroatoms. The molecule has 8 nitrogen and oxygen atoms in total. The number of benzene rings is 6. The molecule has 0 N–H and O–H groups in total. The number of pyridine rings is 2. The number of para-hydroxylation sites is 4. The summed E-state index contributed by atoms with van der Waals surface area (Å²) >= 11 is 0. The molecule has 0 amide bonds. The fourth-order valence-corrected chi connectivity index (χ4v) is 10.3. The zero-order chi connectivity index (χ0) is 61.7. The van der Waals surface area contributed by atoms with Crippen molar-refractivity contribution in [2.75, 3.05) is 0 Å². The molecule has 2 radical (unpaired) electrons. The van der Waals surface area contributed by atoms with Gasteiger partial charge in [0.2, 0.25) is 0 Å². The van der Waals surface area contributed by atoms with E-state index >= 15 is 0 Å². The Morgan fingerprint density at radius 1 is 0.279 bits per heavy atom. The molecule has 2 aromatic heterocycles. The predicted molar refractivity (Wildman–Crippen MR) is 357 cm³/mol. The number of rotatable bonds is 16. The first-order chi connectivity index (χ1) is 39.8. The molecule has 0 fully saturated rings. The average Bonchev–Trinajstić information content (AvgIpc) is 1.76. The van der Waals surface area contributed by atoms with Gasteiger partial charge in [-0.2, -0.15) is 0 Å². The summed E-state index contributed by atoms with van der Waals surface area (Å²) in [5.41, 5.74) is 21.8. The van der Waals surface area contributed by atoms with Gasteiger partial charge in [0.15, 0.2) is 0 Å². The molecule has 0 bridgehead atoms. The maximum absolute atomic E-state index is 10.9. The van der Waals surface area contributed by atoms with Gasteiger partial charge in [0.25, 0.3) is 0 Å². The summed E-state index contributed by atoms with van der Waals surface area (Å²) in [4.78, 5) is 30.6. The third kappa shape index (κ3) is 18.4. The standard InChI is InChI=1S/2C33H43N3.C10H8O2.2Co/c2*1-20(2)26-14-11-15-27(21(3)4)32(26)34-24(9)30-18-13-19-31(36-30)25(10)35-33-28(22(5)6)16-12-17-29(33)23(7)8;11-9-5-7-3-1-2-4-8(7)6-10(9)12;;/h2*11-23H,1-10H3;1-6,11-12H;;/p-2. The Balaban J connectivity index is 0.000000302. The molecular formula is C76H92Co2N6O2-2. The van der Waals surface area contributed by atoms with Gasteiger partial charge in [0, 0.05) is 33.6 Å². The molecule has 0 unspecified atom stereocenters. The van der Waals surface area contributed by atoms with Crippen molar-refractivity contribution in [2.24, 2.45) is 20.0 Å². The minimum atomic E-state index is -0.436. The number of hydrogen-bond acceptors (Lipinski definition) is 8. The topological polar surface area (TPSA) is 121 Å². The van der Waals surface area contributed by atoms with Crippen LogP contribution in [0.2, 0.25) is 0 Å². The van der Waals surface area contributed by atoms with Crippen LogP contribution in [-0.2, 0) is 33.6 Å². The molecule has 6 aromatic carbocycles. The van der Waals surface area contributed by atoms with Crippen molar-refractivity contribution in [2.45, 2.75) is 186 Å². The zero-order valence-electron chi connectivity index (χ0n) is 54.6. The Bertz CT molecular complexity index is 3140. The number of aliphatic imine (C=N–C) groups is 4. The van der Waals surface area contributed by atoms with Crippen LogP contribution in [0.3, 0.4) is 0 Å². The Morgan fingerprint density at radius 3 is 0.628 bits per heavy atom. The van der Waals surface area contributed by atoms with Gasteiger partial charge in [-0.25, -0.2) is 9.97 Å². The first-order valence-corrected chi connectivity index (χ1v) is 30.3. The monoisotopic (exact) mass is 1240 g/mol. The van der Waals surface area contributed by atoms with E-state index in [-0.39, 0.29) is 33.6 Å². The quantitative estimate of drug-likeness (QED) is 0.0894. The van der Waals surface area contributed by atoms with Gasteiger partial charge >= 0.3 is 0 Å². The van der Waals surface area contributed by atoms with Crippen LogP contribution in [0.1, 0.15) is 253 Å². The van der Waals surface area contributed by atoms with Gasteiger partial charge in [0.05, 0.1) is 68.4 Å². The van der Waals surface area contributed by atoms with Gasteiger partial charge in [0.1, 0.15) is 0 Å². The van der Waals surface area contributed by atoms with E-state index in [0.717, 1.165) is 79.1 Å². The van der Waals surface area contributed by atoms with E-state index in [2.05, 4.69) is 223 Å². The molecule has 0 saturated heterocycles. The van der Waals surface area contributed by atoms with Gasteiger partial charge < -0.3 is 10.2 Å². The second-order valence-corrected chi connectivity index (χ2v) is 24.6. The van der Waals surface area contributed by atoms with E-state index in [0.29, 0.717) is 47.3 Å². The van der Waals surface area contributed by atoms with E-state index in [1.807, 2.05) is 48.5 Å². The van der Waals surface area contributed by atoms with Gasteiger partial charge in [-0.1, -0.05) is 232 Å². The minimum absolute atomic E-state index is 0. The molecule has 0 spiro atoms. The summed E-state index contributed by atoms with van der Waals surface area (Å²) in [7, 11) is 0. The van der Waals surface area contributed by atoms with Crippen LogP contribution in [0.15, 0.2) is 166 Å². The number of nitrogens with zero attached hydrogens (tertiary/aromatic N) is 6. The van der Waals surface area contributed by atoms with E-state index in [9.17, 15) is 10.2 Å². The molecule has 86 heavy (non-hydrogen) atoms. The Hall–Kier alpha value is -6.83. The second kappa shape index (κ2) is 32.8. The van der Waals surface area contributed by atoms with Crippen molar-refractivity contribution >= 4 is 56.4 Å². The van der Waals surface area contributed by atoms with Crippen molar-refractivity contribution in [3.63, 3.8) is 0 Å². The third-order valence-corrected chi connectivity index (χ3v) is 15.3.